The Morgan fingerprint density at radius 2 is 2.17 bits per heavy atom. The first kappa shape index (κ1) is 11.4. The van der Waals surface area contributed by atoms with Crippen molar-refractivity contribution in [3.63, 3.8) is 0 Å². The van der Waals surface area contributed by atoms with E-state index in [1.807, 2.05) is 37.8 Å². The maximum atomic E-state index is 5.61. The molecule has 1 aliphatic heterocycles. The molecule has 1 aromatic heterocycles. The summed E-state index contributed by atoms with van der Waals surface area (Å²) in [4.78, 5) is 0. The maximum Gasteiger partial charge on any atom is 0.134 e. The van der Waals surface area contributed by atoms with Crippen LogP contribution in [0.2, 0.25) is 0 Å². The van der Waals surface area contributed by atoms with Gasteiger partial charge in [-0.1, -0.05) is 18.2 Å². The number of rotatable bonds is 3. The molecule has 3 rings (SSSR count). The first-order valence-corrected chi connectivity index (χ1v) is 6.34. The lowest BCUT2D eigenvalue weighted by Gasteiger charge is -2.22. The van der Waals surface area contributed by atoms with Crippen molar-refractivity contribution in [1.29, 1.82) is 0 Å². The zero-order valence-electron chi connectivity index (χ0n) is 10.5. The molecular weight excluding hydrogens is 226 g/mol. The van der Waals surface area contributed by atoms with Gasteiger partial charge in [0.2, 0.25) is 0 Å². The minimum Gasteiger partial charge on any atom is -0.501 e. The smallest absolute Gasteiger partial charge is 0.134 e. The van der Waals surface area contributed by atoms with Crippen LogP contribution in [-0.2, 0) is 4.74 Å². The van der Waals surface area contributed by atoms with Gasteiger partial charge in [-0.2, -0.15) is 0 Å². The third kappa shape index (κ3) is 1.91. The Hall–Kier alpha value is -1.74. The molecule has 0 saturated carbocycles. The van der Waals surface area contributed by atoms with Crippen LogP contribution in [-0.4, -0.2) is 13.7 Å². The Kier molecular flexibility index (Phi) is 3.07. The largest absolute Gasteiger partial charge is 0.501 e. The highest BCUT2D eigenvalue weighted by Crippen LogP contribution is 2.33. The Balaban J connectivity index is 2.03. The second-order valence-corrected chi connectivity index (χ2v) is 4.58. The van der Waals surface area contributed by atoms with Gasteiger partial charge in [-0.05, 0) is 31.5 Å². The maximum absolute atomic E-state index is 5.61. The van der Waals surface area contributed by atoms with Crippen molar-refractivity contribution in [3.8, 4) is 0 Å². The molecule has 94 valence electrons. The van der Waals surface area contributed by atoms with E-state index in [-0.39, 0.29) is 6.04 Å². The van der Waals surface area contributed by atoms with E-state index in [2.05, 4.69) is 11.4 Å². The normalized spacial score (nSPS) is 17.3. The molecule has 2 aromatic rings. The van der Waals surface area contributed by atoms with Crippen molar-refractivity contribution in [3.05, 3.63) is 47.9 Å². The first-order chi connectivity index (χ1) is 8.90. The number of hydrogen-bond donors (Lipinski definition) is 1. The molecule has 0 aliphatic carbocycles. The average molecular weight is 243 g/mol. The van der Waals surface area contributed by atoms with Gasteiger partial charge in [0.25, 0.3) is 0 Å². The monoisotopic (exact) mass is 243 g/mol. The third-order valence-corrected chi connectivity index (χ3v) is 3.44. The van der Waals surface area contributed by atoms with Crippen LogP contribution in [0, 0.1) is 0 Å². The predicted molar refractivity (Wildman–Crippen MR) is 71.3 cm³/mol. The number of hydrogen-bond acceptors (Lipinski definition) is 3. The van der Waals surface area contributed by atoms with Crippen molar-refractivity contribution < 1.29 is 9.15 Å². The van der Waals surface area contributed by atoms with Crippen LogP contribution in [0.3, 0.4) is 0 Å². The van der Waals surface area contributed by atoms with Gasteiger partial charge in [0, 0.05) is 10.9 Å². The summed E-state index contributed by atoms with van der Waals surface area (Å²) in [7, 11) is 1.97. The highest BCUT2D eigenvalue weighted by Gasteiger charge is 2.21. The summed E-state index contributed by atoms with van der Waals surface area (Å²) in [5.74, 6) is 0. The highest BCUT2D eigenvalue weighted by molar-refractivity contribution is 5.81. The minimum absolute atomic E-state index is 0.175. The summed E-state index contributed by atoms with van der Waals surface area (Å²) >= 11 is 0. The number of ether oxygens (including phenoxy) is 1. The number of fused-ring (bicyclic) bond motifs is 1. The molecule has 3 heteroatoms. The summed E-state index contributed by atoms with van der Waals surface area (Å²) in [6, 6.07) is 8.31. The lowest BCUT2D eigenvalue weighted by atomic mass is 9.95. The van der Waals surface area contributed by atoms with E-state index in [0.29, 0.717) is 0 Å². The molecule has 2 heterocycles. The molecule has 0 spiro atoms. The number of para-hydroxylation sites is 1. The first-order valence-electron chi connectivity index (χ1n) is 6.34. The summed E-state index contributed by atoms with van der Waals surface area (Å²) in [5, 5.41) is 4.53. The predicted octanol–water partition coefficient (Wildman–Crippen LogP) is 3.39. The molecular formula is C15H17NO2. The lowest BCUT2D eigenvalue weighted by molar-refractivity contribution is 0.220. The van der Waals surface area contributed by atoms with Gasteiger partial charge in [-0.25, -0.2) is 0 Å². The van der Waals surface area contributed by atoms with Gasteiger partial charge >= 0.3 is 0 Å². The van der Waals surface area contributed by atoms with Crippen molar-refractivity contribution in [2.75, 3.05) is 13.7 Å². The zero-order chi connectivity index (χ0) is 12.4. The van der Waals surface area contributed by atoms with E-state index in [0.717, 1.165) is 25.0 Å². The molecule has 1 N–H and O–H groups in total. The van der Waals surface area contributed by atoms with Gasteiger partial charge in [0.05, 0.1) is 25.2 Å². The lowest BCUT2D eigenvalue weighted by Crippen LogP contribution is -2.20. The van der Waals surface area contributed by atoms with E-state index in [4.69, 9.17) is 9.15 Å². The van der Waals surface area contributed by atoms with Crippen LogP contribution >= 0.6 is 0 Å². The number of benzene rings is 1. The fraction of sp³-hybridized carbons (Fsp3) is 0.333. The van der Waals surface area contributed by atoms with Gasteiger partial charge in [-0.3, -0.25) is 0 Å². The van der Waals surface area contributed by atoms with Crippen LogP contribution in [0.25, 0.3) is 11.0 Å². The molecule has 1 unspecified atom stereocenters. The highest BCUT2D eigenvalue weighted by atomic mass is 16.5. The summed E-state index contributed by atoms with van der Waals surface area (Å²) in [6.45, 7) is 0.825. The van der Waals surface area contributed by atoms with Gasteiger partial charge in [0.15, 0.2) is 0 Å². The minimum atomic E-state index is 0.175. The average Bonchev–Trinajstić information content (AvgIpc) is 2.85. The molecule has 0 amide bonds. The number of likely N-dealkylation sites (N-methyl/N-ethyl adjacent to an activating group) is 1. The molecule has 0 radical (unpaired) electrons. The molecule has 1 atom stereocenters. The fourth-order valence-corrected chi connectivity index (χ4v) is 2.56. The number of furan rings is 1. The fourth-order valence-electron chi connectivity index (χ4n) is 2.56. The molecule has 0 bridgehead atoms. The van der Waals surface area contributed by atoms with Crippen molar-refractivity contribution in [2.24, 2.45) is 0 Å². The third-order valence-electron chi connectivity index (χ3n) is 3.44. The Morgan fingerprint density at radius 1 is 1.28 bits per heavy atom. The summed E-state index contributed by atoms with van der Waals surface area (Å²) in [5.41, 5.74) is 3.41. The van der Waals surface area contributed by atoms with E-state index in [1.165, 1.54) is 16.5 Å². The summed E-state index contributed by atoms with van der Waals surface area (Å²) in [6.07, 6.45) is 5.90. The van der Waals surface area contributed by atoms with Gasteiger partial charge in [0.1, 0.15) is 5.58 Å². The van der Waals surface area contributed by atoms with Crippen LogP contribution < -0.4 is 5.32 Å². The second-order valence-electron chi connectivity index (χ2n) is 4.58. The summed E-state index contributed by atoms with van der Waals surface area (Å²) < 4.78 is 11.1. The SMILES string of the molecule is CNC(C1=COCCC1)c1coc2ccccc12. The van der Waals surface area contributed by atoms with Crippen LogP contribution in [0.15, 0.2) is 46.8 Å². The standard InChI is InChI=1S/C15H17NO2/c1-16-15(11-5-4-8-17-9-11)13-10-18-14-7-3-2-6-12(13)14/h2-3,6-7,9-10,15-16H,4-5,8H2,1H3. The van der Waals surface area contributed by atoms with Crippen molar-refractivity contribution in [1.82, 2.24) is 5.32 Å². The van der Waals surface area contributed by atoms with Crippen molar-refractivity contribution in [2.45, 2.75) is 18.9 Å². The quantitative estimate of drug-likeness (QED) is 0.897. The Bertz CT molecular complexity index is 571. The van der Waals surface area contributed by atoms with Gasteiger partial charge in [-0.15, -0.1) is 0 Å². The van der Waals surface area contributed by atoms with E-state index >= 15 is 0 Å². The molecule has 0 fully saturated rings. The molecule has 3 nitrogen and oxygen atoms in total. The Morgan fingerprint density at radius 3 is 2.94 bits per heavy atom. The van der Waals surface area contributed by atoms with E-state index < -0.39 is 0 Å². The van der Waals surface area contributed by atoms with Crippen molar-refractivity contribution >= 4 is 11.0 Å². The molecule has 0 saturated heterocycles. The van der Waals surface area contributed by atoms with Crippen LogP contribution in [0.1, 0.15) is 24.4 Å². The number of nitrogens with one attached hydrogen (secondary N) is 1. The van der Waals surface area contributed by atoms with Gasteiger partial charge < -0.3 is 14.5 Å². The van der Waals surface area contributed by atoms with E-state index in [1.54, 1.807) is 0 Å². The molecule has 1 aliphatic rings. The molecule has 1 aromatic carbocycles. The molecule has 18 heavy (non-hydrogen) atoms. The second kappa shape index (κ2) is 4.86. The zero-order valence-corrected chi connectivity index (χ0v) is 10.5. The topological polar surface area (TPSA) is 34.4 Å². The van der Waals surface area contributed by atoms with Crippen LogP contribution in [0.5, 0.6) is 0 Å². The van der Waals surface area contributed by atoms with Crippen LogP contribution in [0.4, 0.5) is 0 Å². The Labute approximate surface area is 106 Å². The van der Waals surface area contributed by atoms with E-state index in [9.17, 15) is 0 Å².